The SMILES string of the molecule is CCc1cc(Cn2cc(CNC)c(C)n2)n(CC)n1. The van der Waals surface area contributed by atoms with E-state index in [-0.39, 0.29) is 0 Å². The van der Waals surface area contributed by atoms with Crippen LogP contribution in [-0.4, -0.2) is 26.6 Å². The number of aryl methyl sites for hydroxylation is 3. The van der Waals surface area contributed by atoms with Crippen molar-refractivity contribution in [3.8, 4) is 0 Å². The second kappa shape index (κ2) is 6.02. The monoisotopic (exact) mass is 261 g/mol. The fourth-order valence-electron chi connectivity index (χ4n) is 2.26. The fourth-order valence-corrected chi connectivity index (χ4v) is 2.26. The second-order valence-electron chi connectivity index (χ2n) is 4.76. The highest BCUT2D eigenvalue weighted by atomic mass is 15.3. The van der Waals surface area contributed by atoms with Crippen molar-refractivity contribution in [2.75, 3.05) is 7.05 Å². The van der Waals surface area contributed by atoms with E-state index in [4.69, 9.17) is 0 Å². The van der Waals surface area contributed by atoms with E-state index in [2.05, 4.69) is 53.2 Å². The average Bonchev–Trinajstić information content (AvgIpc) is 2.94. The molecule has 5 nitrogen and oxygen atoms in total. The molecule has 0 aliphatic carbocycles. The summed E-state index contributed by atoms with van der Waals surface area (Å²) in [4.78, 5) is 0. The highest BCUT2D eigenvalue weighted by Crippen LogP contribution is 2.10. The first-order chi connectivity index (χ1) is 9.17. The lowest BCUT2D eigenvalue weighted by Crippen LogP contribution is -2.08. The van der Waals surface area contributed by atoms with Gasteiger partial charge in [-0.25, -0.2) is 0 Å². The van der Waals surface area contributed by atoms with Crippen molar-refractivity contribution in [1.29, 1.82) is 0 Å². The van der Waals surface area contributed by atoms with Gasteiger partial charge in [-0.15, -0.1) is 0 Å². The summed E-state index contributed by atoms with van der Waals surface area (Å²) >= 11 is 0. The number of hydrogen-bond acceptors (Lipinski definition) is 3. The second-order valence-corrected chi connectivity index (χ2v) is 4.76. The number of nitrogens with zero attached hydrogens (tertiary/aromatic N) is 4. The van der Waals surface area contributed by atoms with Crippen LogP contribution in [0.3, 0.4) is 0 Å². The molecule has 0 bridgehead atoms. The first-order valence-corrected chi connectivity index (χ1v) is 6.91. The zero-order chi connectivity index (χ0) is 13.8. The lowest BCUT2D eigenvalue weighted by atomic mass is 10.2. The van der Waals surface area contributed by atoms with Gasteiger partial charge in [0.2, 0.25) is 0 Å². The van der Waals surface area contributed by atoms with Gasteiger partial charge in [0.15, 0.2) is 0 Å². The maximum absolute atomic E-state index is 4.57. The minimum Gasteiger partial charge on any atom is -0.316 e. The van der Waals surface area contributed by atoms with E-state index in [1.54, 1.807) is 0 Å². The molecule has 0 aliphatic rings. The van der Waals surface area contributed by atoms with Crippen molar-refractivity contribution in [1.82, 2.24) is 24.9 Å². The molecule has 0 amide bonds. The first-order valence-electron chi connectivity index (χ1n) is 6.91. The normalized spacial score (nSPS) is 11.2. The predicted octanol–water partition coefficient (Wildman–Crippen LogP) is 1.74. The largest absolute Gasteiger partial charge is 0.316 e. The van der Waals surface area contributed by atoms with Crippen molar-refractivity contribution < 1.29 is 0 Å². The molecule has 0 aromatic carbocycles. The van der Waals surface area contributed by atoms with E-state index < -0.39 is 0 Å². The van der Waals surface area contributed by atoms with Gasteiger partial charge in [-0.3, -0.25) is 9.36 Å². The van der Waals surface area contributed by atoms with Gasteiger partial charge in [0.05, 0.1) is 23.6 Å². The number of nitrogens with one attached hydrogen (secondary N) is 1. The van der Waals surface area contributed by atoms with E-state index in [0.29, 0.717) is 0 Å². The Morgan fingerprint density at radius 3 is 2.68 bits per heavy atom. The molecule has 2 rings (SSSR count). The Labute approximate surface area is 114 Å². The van der Waals surface area contributed by atoms with E-state index >= 15 is 0 Å². The zero-order valence-electron chi connectivity index (χ0n) is 12.3. The van der Waals surface area contributed by atoms with Crippen LogP contribution in [0, 0.1) is 6.92 Å². The topological polar surface area (TPSA) is 47.7 Å². The van der Waals surface area contributed by atoms with Gasteiger partial charge in [0.25, 0.3) is 0 Å². The third kappa shape index (κ3) is 3.04. The Hall–Kier alpha value is -1.62. The van der Waals surface area contributed by atoms with Crippen LogP contribution in [0.4, 0.5) is 0 Å². The van der Waals surface area contributed by atoms with Gasteiger partial charge in [0, 0.05) is 24.8 Å². The van der Waals surface area contributed by atoms with Gasteiger partial charge in [-0.1, -0.05) is 6.92 Å². The minimum absolute atomic E-state index is 0.783. The van der Waals surface area contributed by atoms with Crippen molar-refractivity contribution in [2.24, 2.45) is 0 Å². The molecule has 0 unspecified atom stereocenters. The summed E-state index contributed by atoms with van der Waals surface area (Å²) in [5.41, 5.74) is 4.71. The van der Waals surface area contributed by atoms with Crippen LogP contribution >= 0.6 is 0 Å². The molecule has 104 valence electrons. The zero-order valence-corrected chi connectivity index (χ0v) is 12.3. The molecular formula is C14H23N5. The van der Waals surface area contributed by atoms with E-state index in [0.717, 1.165) is 37.4 Å². The van der Waals surface area contributed by atoms with Crippen LogP contribution < -0.4 is 5.32 Å². The molecule has 0 saturated carbocycles. The van der Waals surface area contributed by atoms with Crippen molar-refractivity contribution in [3.05, 3.63) is 34.9 Å². The Bertz CT molecular complexity index is 538. The van der Waals surface area contributed by atoms with Gasteiger partial charge in [0.1, 0.15) is 0 Å². The van der Waals surface area contributed by atoms with Gasteiger partial charge in [-0.2, -0.15) is 10.2 Å². The third-order valence-corrected chi connectivity index (χ3v) is 3.31. The summed E-state index contributed by atoms with van der Waals surface area (Å²) in [7, 11) is 1.95. The van der Waals surface area contributed by atoms with Crippen molar-refractivity contribution in [3.63, 3.8) is 0 Å². The molecule has 2 aromatic rings. The van der Waals surface area contributed by atoms with Gasteiger partial charge < -0.3 is 5.32 Å². The Balaban J connectivity index is 2.20. The minimum atomic E-state index is 0.783. The van der Waals surface area contributed by atoms with Crippen LogP contribution in [0.1, 0.15) is 36.5 Å². The standard InChI is InChI=1S/C14H23N5/c1-5-13-7-14(19(6-2)17-13)10-18-9-12(8-15-4)11(3)16-18/h7,9,15H,5-6,8,10H2,1-4H3. The fraction of sp³-hybridized carbons (Fsp3) is 0.571. The van der Waals surface area contributed by atoms with Crippen LogP contribution in [0.15, 0.2) is 12.3 Å². The third-order valence-electron chi connectivity index (χ3n) is 3.31. The van der Waals surface area contributed by atoms with Gasteiger partial charge in [-0.05, 0) is 33.4 Å². The number of hydrogen-bond donors (Lipinski definition) is 1. The van der Waals surface area contributed by atoms with Crippen LogP contribution in [0.5, 0.6) is 0 Å². The van der Waals surface area contributed by atoms with Crippen LogP contribution in [-0.2, 0) is 26.1 Å². The van der Waals surface area contributed by atoms with E-state index in [9.17, 15) is 0 Å². The molecular weight excluding hydrogens is 238 g/mol. The molecule has 2 heterocycles. The molecule has 0 fully saturated rings. The maximum atomic E-state index is 4.57. The molecule has 0 atom stereocenters. The summed E-state index contributed by atoms with van der Waals surface area (Å²) < 4.78 is 4.07. The van der Waals surface area contributed by atoms with Crippen molar-refractivity contribution in [2.45, 2.75) is 46.8 Å². The highest BCUT2D eigenvalue weighted by molar-refractivity contribution is 5.17. The Kier molecular flexibility index (Phi) is 4.37. The van der Waals surface area contributed by atoms with E-state index in [1.807, 2.05) is 11.7 Å². The smallest absolute Gasteiger partial charge is 0.0828 e. The van der Waals surface area contributed by atoms with Crippen molar-refractivity contribution >= 4 is 0 Å². The number of aromatic nitrogens is 4. The van der Waals surface area contributed by atoms with Crippen LogP contribution in [0.25, 0.3) is 0 Å². The molecule has 5 heteroatoms. The molecule has 1 N–H and O–H groups in total. The quantitative estimate of drug-likeness (QED) is 0.861. The highest BCUT2D eigenvalue weighted by Gasteiger charge is 2.09. The molecule has 0 aliphatic heterocycles. The Morgan fingerprint density at radius 2 is 2.05 bits per heavy atom. The lowest BCUT2D eigenvalue weighted by molar-refractivity contribution is 0.572. The first kappa shape index (κ1) is 13.8. The average molecular weight is 261 g/mol. The van der Waals surface area contributed by atoms with Gasteiger partial charge >= 0.3 is 0 Å². The summed E-state index contributed by atoms with van der Waals surface area (Å²) in [5, 5.41) is 12.3. The lowest BCUT2D eigenvalue weighted by Gasteiger charge is -2.04. The molecule has 0 spiro atoms. The maximum Gasteiger partial charge on any atom is 0.0828 e. The number of rotatable bonds is 6. The predicted molar refractivity (Wildman–Crippen MR) is 76.1 cm³/mol. The summed E-state index contributed by atoms with van der Waals surface area (Å²) in [6.45, 7) is 8.85. The van der Waals surface area contributed by atoms with Crippen LogP contribution in [0.2, 0.25) is 0 Å². The molecule has 0 saturated heterocycles. The Morgan fingerprint density at radius 1 is 1.26 bits per heavy atom. The molecule has 0 radical (unpaired) electrons. The summed E-state index contributed by atoms with van der Waals surface area (Å²) in [5.74, 6) is 0. The molecule has 19 heavy (non-hydrogen) atoms. The molecule has 2 aromatic heterocycles. The van der Waals surface area contributed by atoms with E-state index in [1.165, 1.54) is 11.3 Å². The summed E-state index contributed by atoms with van der Waals surface area (Å²) in [6, 6.07) is 2.18. The summed E-state index contributed by atoms with van der Waals surface area (Å²) in [6.07, 6.45) is 3.09.